The highest BCUT2D eigenvalue weighted by molar-refractivity contribution is 5.84. The Balaban J connectivity index is 1.80. The third kappa shape index (κ3) is 2.05. The van der Waals surface area contributed by atoms with Gasteiger partial charge < -0.3 is 15.4 Å². The van der Waals surface area contributed by atoms with E-state index in [-0.39, 0.29) is 11.9 Å². The van der Waals surface area contributed by atoms with E-state index in [4.69, 9.17) is 10.5 Å². The first-order chi connectivity index (χ1) is 9.11. The first-order valence-corrected chi connectivity index (χ1v) is 6.81. The second-order valence-corrected chi connectivity index (χ2v) is 5.78. The monoisotopic (exact) mass is 260 g/mol. The lowest BCUT2D eigenvalue weighted by atomic mass is 9.83. The van der Waals surface area contributed by atoms with E-state index in [0.29, 0.717) is 19.8 Å². The van der Waals surface area contributed by atoms with Gasteiger partial charge in [-0.2, -0.15) is 0 Å². The number of hydrogen-bond donors (Lipinski definition) is 1. The zero-order valence-electron chi connectivity index (χ0n) is 11.3. The maximum atomic E-state index is 12.7. The summed E-state index contributed by atoms with van der Waals surface area (Å²) in [4.78, 5) is 14.6. The number of carbonyl (C=O) groups is 1. The van der Waals surface area contributed by atoms with Crippen LogP contribution in [0.5, 0.6) is 0 Å². The highest BCUT2D eigenvalue weighted by Gasteiger charge is 2.46. The molecule has 19 heavy (non-hydrogen) atoms. The van der Waals surface area contributed by atoms with Gasteiger partial charge >= 0.3 is 0 Å². The molecule has 2 N–H and O–H groups in total. The van der Waals surface area contributed by atoms with E-state index in [1.165, 1.54) is 11.1 Å². The molecule has 3 rings (SSSR count). The average Bonchev–Trinajstić information content (AvgIpc) is 2.78. The number of amides is 1. The first kappa shape index (κ1) is 12.6. The number of nitrogens with zero attached hydrogens (tertiary/aromatic N) is 1. The topological polar surface area (TPSA) is 55.6 Å². The van der Waals surface area contributed by atoms with E-state index < -0.39 is 5.41 Å². The molecule has 4 nitrogen and oxygen atoms in total. The summed E-state index contributed by atoms with van der Waals surface area (Å²) in [6, 6.07) is 8.13. The smallest absolute Gasteiger partial charge is 0.232 e. The molecule has 1 aromatic rings. The van der Waals surface area contributed by atoms with Crippen molar-refractivity contribution < 1.29 is 9.53 Å². The molecule has 0 saturated carbocycles. The normalized spacial score (nSPS) is 30.2. The predicted molar refractivity (Wildman–Crippen MR) is 72.5 cm³/mol. The third-order valence-corrected chi connectivity index (χ3v) is 4.42. The Hall–Kier alpha value is -1.39. The summed E-state index contributed by atoms with van der Waals surface area (Å²) in [6.45, 7) is 4.31. The van der Waals surface area contributed by atoms with Crippen molar-refractivity contribution in [3.05, 3.63) is 35.4 Å². The van der Waals surface area contributed by atoms with Crippen LogP contribution < -0.4 is 5.73 Å². The molecule has 1 aromatic carbocycles. The maximum absolute atomic E-state index is 12.7. The van der Waals surface area contributed by atoms with E-state index >= 15 is 0 Å². The Kier molecular flexibility index (Phi) is 3.07. The number of ether oxygens (including phenoxy) is 1. The molecule has 0 aromatic heterocycles. The van der Waals surface area contributed by atoms with Crippen LogP contribution >= 0.6 is 0 Å². The van der Waals surface area contributed by atoms with Crippen molar-refractivity contribution in [2.45, 2.75) is 25.9 Å². The Labute approximate surface area is 113 Å². The second-order valence-electron chi connectivity index (χ2n) is 5.78. The van der Waals surface area contributed by atoms with Crippen LogP contribution in [-0.4, -0.2) is 36.6 Å². The summed E-state index contributed by atoms with van der Waals surface area (Å²) in [7, 11) is 0. The third-order valence-electron chi connectivity index (χ3n) is 4.42. The molecule has 2 heterocycles. The van der Waals surface area contributed by atoms with Crippen molar-refractivity contribution >= 4 is 5.91 Å². The molecule has 1 fully saturated rings. The van der Waals surface area contributed by atoms with Crippen LogP contribution in [0.15, 0.2) is 24.3 Å². The average molecular weight is 260 g/mol. The van der Waals surface area contributed by atoms with Crippen LogP contribution in [0.4, 0.5) is 0 Å². The van der Waals surface area contributed by atoms with Gasteiger partial charge in [-0.15, -0.1) is 0 Å². The van der Waals surface area contributed by atoms with Crippen LogP contribution in [-0.2, 0) is 22.5 Å². The van der Waals surface area contributed by atoms with Crippen LogP contribution in [0.1, 0.15) is 18.1 Å². The van der Waals surface area contributed by atoms with Gasteiger partial charge in [-0.3, -0.25) is 4.79 Å². The molecule has 0 radical (unpaired) electrons. The fraction of sp³-hybridized carbons (Fsp3) is 0.533. The number of fused-ring (bicyclic) bond motifs is 1. The van der Waals surface area contributed by atoms with Gasteiger partial charge in [0.05, 0.1) is 18.6 Å². The zero-order valence-corrected chi connectivity index (χ0v) is 11.3. The van der Waals surface area contributed by atoms with Gasteiger partial charge in [-0.25, -0.2) is 0 Å². The lowest BCUT2D eigenvalue weighted by molar-refractivity contribution is -0.142. The van der Waals surface area contributed by atoms with Gasteiger partial charge in [0.25, 0.3) is 0 Å². The predicted octanol–water partition coefficient (Wildman–Crippen LogP) is 0.935. The van der Waals surface area contributed by atoms with E-state index in [0.717, 1.165) is 13.0 Å². The molecule has 1 saturated heterocycles. The lowest BCUT2D eigenvalue weighted by Crippen LogP contribution is -2.52. The standard InChI is InChI=1S/C15H20N2O2/c1-15(10-19-9-13(15)16)14(18)17-7-6-11-4-2-3-5-12(11)8-17/h2-5,13H,6-10,16H2,1H3. The van der Waals surface area contributed by atoms with Gasteiger partial charge in [-0.05, 0) is 24.5 Å². The minimum Gasteiger partial charge on any atom is -0.379 e. The van der Waals surface area contributed by atoms with Crippen molar-refractivity contribution in [3.63, 3.8) is 0 Å². The summed E-state index contributed by atoms with van der Waals surface area (Å²) in [5.74, 6) is 0.131. The Bertz CT molecular complexity index is 503. The van der Waals surface area contributed by atoms with E-state index in [1.54, 1.807) is 0 Å². The first-order valence-electron chi connectivity index (χ1n) is 6.81. The molecule has 102 valence electrons. The highest BCUT2D eigenvalue weighted by Crippen LogP contribution is 2.31. The largest absolute Gasteiger partial charge is 0.379 e. The Morgan fingerprint density at radius 1 is 1.42 bits per heavy atom. The van der Waals surface area contributed by atoms with Crippen molar-refractivity contribution in [2.75, 3.05) is 19.8 Å². The van der Waals surface area contributed by atoms with Gasteiger partial charge in [0.2, 0.25) is 5.91 Å². The molecule has 2 unspecified atom stereocenters. The summed E-state index contributed by atoms with van der Waals surface area (Å²) in [5, 5.41) is 0. The summed E-state index contributed by atoms with van der Waals surface area (Å²) >= 11 is 0. The van der Waals surface area contributed by atoms with Crippen molar-refractivity contribution in [2.24, 2.45) is 11.1 Å². The quantitative estimate of drug-likeness (QED) is 0.817. The number of carbonyl (C=O) groups excluding carboxylic acids is 1. The fourth-order valence-electron chi connectivity index (χ4n) is 2.94. The van der Waals surface area contributed by atoms with Gasteiger partial charge in [0.15, 0.2) is 0 Å². The molecule has 0 bridgehead atoms. The van der Waals surface area contributed by atoms with Crippen LogP contribution in [0.25, 0.3) is 0 Å². The van der Waals surface area contributed by atoms with Gasteiger partial charge in [-0.1, -0.05) is 24.3 Å². The van der Waals surface area contributed by atoms with Crippen LogP contribution in [0.3, 0.4) is 0 Å². The minimum absolute atomic E-state index is 0.131. The molecule has 1 amide bonds. The Morgan fingerprint density at radius 3 is 2.84 bits per heavy atom. The van der Waals surface area contributed by atoms with Gasteiger partial charge in [0.1, 0.15) is 0 Å². The van der Waals surface area contributed by atoms with Crippen molar-refractivity contribution in [1.82, 2.24) is 4.90 Å². The Morgan fingerprint density at radius 2 is 2.16 bits per heavy atom. The fourth-order valence-corrected chi connectivity index (χ4v) is 2.94. The maximum Gasteiger partial charge on any atom is 0.232 e. The van der Waals surface area contributed by atoms with E-state index in [9.17, 15) is 4.79 Å². The highest BCUT2D eigenvalue weighted by atomic mass is 16.5. The van der Waals surface area contributed by atoms with E-state index in [2.05, 4.69) is 18.2 Å². The van der Waals surface area contributed by atoms with Crippen LogP contribution in [0.2, 0.25) is 0 Å². The van der Waals surface area contributed by atoms with Gasteiger partial charge in [0, 0.05) is 19.1 Å². The SMILES string of the molecule is CC1(C(=O)N2CCc3ccccc3C2)COCC1N. The molecule has 4 heteroatoms. The van der Waals surface area contributed by atoms with Crippen molar-refractivity contribution in [1.29, 1.82) is 0 Å². The summed E-state index contributed by atoms with van der Waals surface area (Å²) < 4.78 is 5.38. The molecule has 2 atom stereocenters. The number of rotatable bonds is 1. The molecule has 0 spiro atoms. The van der Waals surface area contributed by atoms with Crippen LogP contribution in [0, 0.1) is 5.41 Å². The number of hydrogen-bond acceptors (Lipinski definition) is 3. The number of nitrogens with two attached hydrogens (primary N) is 1. The van der Waals surface area contributed by atoms with E-state index in [1.807, 2.05) is 17.9 Å². The molecule has 2 aliphatic heterocycles. The lowest BCUT2D eigenvalue weighted by Gasteiger charge is -2.36. The molecule has 0 aliphatic carbocycles. The molecular formula is C15H20N2O2. The summed E-state index contributed by atoms with van der Waals surface area (Å²) in [5.41, 5.74) is 8.08. The van der Waals surface area contributed by atoms with Crippen molar-refractivity contribution in [3.8, 4) is 0 Å². The summed E-state index contributed by atoms with van der Waals surface area (Å²) in [6.07, 6.45) is 0.925. The molecular weight excluding hydrogens is 240 g/mol. The molecule has 2 aliphatic rings. The zero-order chi connectivity index (χ0) is 13.5. The second kappa shape index (κ2) is 4.62. The number of benzene rings is 1. The minimum atomic E-state index is -0.563.